The van der Waals surface area contributed by atoms with Crippen molar-refractivity contribution in [2.24, 2.45) is 5.10 Å². The summed E-state index contributed by atoms with van der Waals surface area (Å²) in [4.78, 5) is 27.9. The maximum Gasteiger partial charge on any atom is 0.253 e. The highest BCUT2D eigenvalue weighted by Crippen LogP contribution is 2.35. The van der Waals surface area contributed by atoms with Crippen molar-refractivity contribution in [2.75, 3.05) is 27.1 Å². The van der Waals surface area contributed by atoms with Gasteiger partial charge < -0.3 is 19.5 Å². The number of aromatic nitrogens is 3. The lowest BCUT2D eigenvalue weighted by Gasteiger charge is -2.22. The third kappa shape index (κ3) is 7.19. The highest BCUT2D eigenvalue weighted by atomic mass is 32.2. The third-order valence-corrected chi connectivity index (χ3v) is 9.44. The molecule has 6 rings (SSSR count). The predicted octanol–water partition coefficient (Wildman–Crippen LogP) is 5.89. The second-order valence-electron chi connectivity index (χ2n) is 10.5. The minimum atomic E-state index is -0.406. The zero-order valence-corrected chi connectivity index (χ0v) is 27.9. The van der Waals surface area contributed by atoms with E-state index in [0.29, 0.717) is 40.2 Å². The van der Waals surface area contributed by atoms with Crippen LogP contribution < -0.4 is 19.5 Å². The molecule has 2 aromatic heterocycles. The Kier molecular flexibility index (Phi) is 10.0. The molecule has 1 unspecified atom stereocenters. The number of amides is 2. The van der Waals surface area contributed by atoms with E-state index in [1.165, 1.54) is 43.1 Å². The van der Waals surface area contributed by atoms with Gasteiger partial charge in [0.25, 0.3) is 11.8 Å². The van der Waals surface area contributed by atoms with Crippen LogP contribution in [0.3, 0.4) is 0 Å². The molecule has 14 heteroatoms. The van der Waals surface area contributed by atoms with Crippen LogP contribution in [0.4, 0.5) is 4.39 Å². The number of carbonyl (C=O) groups is 2. The van der Waals surface area contributed by atoms with Crippen LogP contribution in [-0.4, -0.2) is 64.4 Å². The molecule has 0 aliphatic carbocycles. The number of carbonyl (C=O) groups excluding carboxylic acids is 2. The molecule has 1 aliphatic heterocycles. The summed E-state index contributed by atoms with van der Waals surface area (Å²) in [5, 5.41) is 20.2. The van der Waals surface area contributed by atoms with Gasteiger partial charge in [-0.05, 0) is 65.5 Å². The van der Waals surface area contributed by atoms with Crippen molar-refractivity contribution >= 4 is 40.6 Å². The van der Waals surface area contributed by atoms with Crippen LogP contribution in [0.15, 0.2) is 94.5 Å². The molecule has 48 heavy (non-hydrogen) atoms. The van der Waals surface area contributed by atoms with Gasteiger partial charge in [-0.25, -0.2) is 9.40 Å². The van der Waals surface area contributed by atoms with Crippen LogP contribution in [0.25, 0.3) is 5.69 Å². The van der Waals surface area contributed by atoms with E-state index in [0.717, 1.165) is 21.9 Å². The maximum atomic E-state index is 13.9. The van der Waals surface area contributed by atoms with Crippen molar-refractivity contribution in [3.8, 4) is 22.9 Å². The Bertz CT molecular complexity index is 1910. The Labute approximate surface area is 284 Å². The number of thiophene rings is 1. The summed E-state index contributed by atoms with van der Waals surface area (Å²) in [6, 6.07) is 22.0. The summed E-state index contributed by atoms with van der Waals surface area (Å²) in [5.41, 5.74) is 2.67. The molecule has 0 saturated heterocycles. The highest BCUT2D eigenvalue weighted by Gasteiger charge is 2.34. The zero-order valence-electron chi connectivity index (χ0n) is 26.3. The summed E-state index contributed by atoms with van der Waals surface area (Å²) < 4.78 is 31.5. The van der Waals surface area contributed by atoms with Crippen molar-refractivity contribution in [1.29, 1.82) is 0 Å². The SMILES string of the molecule is COc1ccc(C2CC(c3cccs3)=NN2C(=O)CSc2nnc(CNC(=O)c3cc(OC)cc(OC)c3)n2-c2ccc(F)cc2)cc1. The number of benzene rings is 3. The number of halogens is 1. The molecule has 11 nitrogen and oxygen atoms in total. The van der Waals surface area contributed by atoms with Gasteiger partial charge in [-0.1, -0.05) is 30.0 Å². The number of rotatable bonds is 12. The molecule has 3 aromatic carbocycles. The highest BCUT2D eigenvalue weighted by molar-refractivity contribution is 7.99. The first-order chi connectivity index (χ1) is 23.4. The van der Waals surface area contributed by atoms with Crippen molar-refractivity contribution in [1.82, 2.24) is 25.1 Å². The number of ether oxygens (including phenoxy) is 3. The number of hydrogen-bond donors (Lipinski definition) is 1. The summed E-state index contributed by atoms with van der Waals surface area (Å²) >= 11 is 2.75. The number of thioether (sulfide) groups is 1. The Hall–Kier alpha value is -5.21. The van der Waals surface area contributed by atoms with Gasteiger partial charge >= 0.3 is 0 Å². The van der Waals surface area contributed by atoms with Crippen LogP contribution in [-0.2, 0) is 11.3 Å². The molecule has 1 N–H and O–H groups in total. The second-order valence-corrected chi connectivity index (χ2v) is 12.4. The number of hydrogen-bond acceptors (Lipinski definition) is 10. The topological polar surface area (TPSA) is 120 Å². The minimum Gasteiger partial charge on any atom is -0.497 e. The first-order valence-corrected chi connectivity index (χ1v) is 16.6. The van der Waals surface area contributed by atoms with Crippen LogP contribution >= 0.6 is 23.1 Å². The Balaban J connectivity index is 1.23. The van der Waals surface area contributed by atoms with E-state index >= 15 is 0 Å². The van der Waals surface area contributed by atoms with Gasteiger partial charge in [0.2, 0.25) is 0 Å². The van der Waals surface area contributed by atoms with E-state index in [1.54, 1.807) is 53.3 Å². The first kappa shape index (κ1) is 32.7. The standard InChI is InChI=1S/C34H31FN6O5S2/c1-44-25-12-6-21(7-13-25)29-18-28(30-5-4-14-47-30)39-41(29)32(42)20-48-34-38-37-31(40(34)24-10-8-23(35)9-11-24)19-36-33(43)22-15-26(45-2)17-27(16-22)46-3/h4-17,29H,18-20H2,1-3H3,(H,36,43). The van der Waals surface area contributed by atoms with Crippen LogP contribution in [0.2, 0.25) is 0 Å². The van der Waals surface area contributed by atoms with Gasteiger partial charge in [-0.15, -0.1) is 21.5 Å². The first-order valence-electron chi connectivity index (χ1n) is 14.8. The molecule has 0 bridgehead atoms. The second kappa shape index (κ2) is 14.7. The molecule has 3 heterocycles. The van der Waals surface area contributed by atoms with E-state index < -0.39 is 5.82 Å². The van der Waals surface area contributed by atoms with Gasteiger partial charge in [0.1, 0.15) is 23.1 Å². The normalized spacial score (nSPS) is 14.0. The molecule has 246 valence electrons. The fourth-order valence-electron chi connectivity index (χ4n) is 5.17. The number of nitrogens with zero attached hydrogens (tertiary/aromatic N) is 5. The molecular weight excluding hydrogens is 656 g/mol. The number of nitrogens with one attached hydrogen (secondary N) is 1. The van der Waals surface area contributed by atoms with Gasteiger partial charge in [-0.3, -0.25) is 14.2 Å². The van der Waals surface area contributed by atoms with E-state index in [4.69, 9.17) is 19.3 Å². The quantitative estimate of drug-likeness (QED) is 0.161. The van der Waals surface area contributed by atoms with E-state index in [1.807, 2.05) is 41.8 Å². The molecular formula is C34H31FN6O5S2. The van der Waals surface area contributed by atoms with Crippen molar-refractivity contribution < 1.29 is 28.2 Å². The third-order valence-electron chi connectivity index (χ3n) is 7.60. The van der Waals surface area contributed by atoms with Gasteiger partial charge in [0.05, 0.1) is 50.3 Å². The molecule has 2 amide bonds. The van der Waals surface area contributed by atoms with Crippen LogP contribution in [0.5, 0.6) is 17.2 Å². The average molecular weight is 687 g/mol. The van der Waals surface area contributed by atoms with Crippen LogP contribution in [0.1, 0.15) is 39.1 Å². The molecule has 0 fully saturated rings. The van der Waals surface area contributed by atoms with E-state index in [-0.39, 0.29) is 30.2 Å². The summed E-state index contributed by atoms with van der Waals surface area (Å²) in [6.45, 7) is -0.00260. The average Bonchev–Trinajstić information content (AvgIpc) is 3.90. The zero-order chi connectivity index (χ0) is 33.6. The van der Waals surface area contributed by atoms with Gasteiger partial charge in [0, 0.05) is 23.7 Å². The van der Waals surface area contributed by atoms with Crippen molar-refractivity contribution in [3.05, 3.63) is 112 Å². The Morgan fingerprint density at radius 1 is 0.938 bits per heavy atom. The van der Waals surface area contributed by atoms with Crippen molar-refractivity contribution in [2.45, 2.75) is 24.2 Å². The Morgan fingerprint density at radius 2 is 1.65 bits per heavy atom. The fourth-order valence-corrected chi connectivity index (χ4v) is 6.71. The lowest BCUT2D eigenvalue weighted by Crippen LogP contribution is -2.28. The molecule has 1 aliphatic rings. The van der Waals surface area contributed by atoms with Gasteiger partial charge in [-0.2, -0.15) is 5.10 Å². The maximum absolute atomic E-state index is 13.9. The molecule has 0 saturated carbocycles. The largest absolute Gasteiger partial charge is 0.497 e. The van der Waals surface area contributed by atoms with Crippen LogP contribution in [0, 0.1) is 5.82 Å². The molecule has 0 radical (unpaired) electrons. The number of hydrazone groups is 1. The van der Waals surface area contributed by atoms with Gasteiger partial charge in [0.15, 0.2) is 11.0 Å². The van der Waals surface area contributed by atoms with Crippen molar-refractivity contribution in [3.63, 3.8) is 0 Å². The molecule has 1 atom stereocenters. The Morgan fingerprint density at radius 3 is 2.29 bits per heavy atom. The smallest absolute Gasteiger partial charge is 0.253 e. The number of methoxy groups -OCH3 is 3. The summed E-state index contributed by atoms with van der Waals surface area (Å²) in [7, 11) is 4.62. The van der Waals surface area contributed by atoms with E-state index in [2.05, 4.69) is 15.5 Å². The summed E-state index contributed by atoms with van der Waals surface area (Å²) in [6.07, 6.45) is 0.567. The lowest BCUT2D eigenvalue weighted by molar-refractivity contribution is -0.130. The summed E-state index contributed by atoms with van der Waals surface area (Å²) in [5.74, 6) is 1.04. The monoisotopic (exact) mass is 686 g/mol. The molecule has 5 aromatic rings. The lowest BCUT2D eigenvalue weighted by atomic mass is 10.0. The van der Waals surface area contributed by atoms with E-state index in [9.17, 15) is 14.0 Å². The minimum absolute atomic E-state index is 0.00260. The predicted molar refractivity (Wildman–Crippen MR) is 181 cm³/mol. The fraction of sp³-hybridized carbons (Fsp3) is 0.206. The molecule has 0 spiro atoms.